The van der Waals surface area contributed by atoms with Crippen LogP contribution < -0.4 is 0 Å². The first-order valence-electron chi connectivity index (χ1n) is 11.4. The highest BCUT2D eigenvalue weighted by atomic mass is 16.2. The summed E-state index contributed by atoms with van der Waals surface area (Å²) in [5.74, 6) is -0.209. The van der Waals surface area contributed by atoms with Gasteiger partial charge in [-0.15, -0.1) is 0 Å². The van der Waals surface area contributed by atoms with E-state index in [0.29, 0.717) is 24.5 Å². The molecule has 2 aromatic carbocycles. The van der Waals surface area contributed by atoms with Crippen LogP contribution in [0.2, 0.25) is 0 Å². The van der Waals surface area contributed by atoms with Gasteiger partial charge in [0.1, 0.15) is 11.4 Å². The maximum absolute atomic E-state index is 13.4. The molecule has 162 valence electrons. The summed E-state index contributed by atoms with van der Waals surface area (Å²) in [6.45, 7) is 1.42. The molecule has 2 amide bonds. The third kappa shape index (κ3) is 3.91. The van der Waals surface area contributed by atoms with E-state index in [4.69, 9.17) is 0 Å². The van der Waals surface area contributed by atoms with Crippen molar-refractivity contribution in [2.24, 2.45) is 0 Å². The zero-order chi connectivity index (χ0) is 21.9. The predicted molar refractivity (Wildman–Crippen MR) is 123 cm³/mol. The molecular formula is C27H27N3O2. The van der Waals surface area contributed by atoms with Crippen LogP contribution in [0.1, 0.15) is 69.9 Å². The van der Waals surface area contributed by atoms with E-state index in [-0.39, 0.29) is 23.9 Å². The van der Waals surface area contributed by atoms with Crippen molar-refractivity contribution in [3.05, 3.63) is 101 Å². The van der Waals surface area contributed by atoms with E-state index in [1.807, 2.05) is 46.2 Å². The second kappa shape index (κ2) is 8.95. The SMILES string of the molecule is O=C(c1cccc(C(=O)N2CCCC2c2ccccc2)n1)N1CCCC1c1ccccc1. The quantitative estimate of drug-likeness (QED) is 0.589. The van der Waals surface area contributed by atoms with Gasteiger partial charge in [0.25, 0.3) is 11.8 Å². The summed E-state index contributed by atoms with van der Waals surface area (Å²) in [7, 11) is 0. The molecule has 0 radical (unpaired) electrons. The molecule has 0 spiro atoms. The van der Waals surface area contributed by atoms with Crippen LogP contribution >= 0.6 is 0 Å². The molecule has 32 heavy (non-hydrogen) atoms. The van der Waals surface area contributed by atoms with Gasteiger partial charge in [-0.3, -0.25) is 9.59 Å². The number of hydrogen-bond donors (Lipinski definition) is 0. The Balaban J connectivity index is 1.37. The van der Waals surface area contributed by atoms with Crippen molar-refractivity contribution >= 4 is 11.8 Å². The molecule has 5 nitrogen and oxygen atoms in total. The number of aromatic nitrogens is 1. The average Bonchev–Trinajstić information content (AvgIpc) is 3.54. The standard InChI is InChI=1S/C27H27N3O2/c31-26(29-18-8-16-24(29)20-10-3-1-4-11-20)22-14-7-15-23(28-22)27(32)30-19-9-17-25(30)21-12-5-2-6-13-21/h1-7,10-15,24-25H,8-9,16-19H2. The number of nitrogens with zero attached hydrogens (tertiary/aromatic N) is 3. The molecule has 0 saturated carbocycles. The Hall–Kier alpha value is -3.47. The number of pyridine rings is 1. The van der Waals surface area contributed by atoms with E-state index in [9.17, 15) is 9.59 Å². The van der Waals surface area contributed by atoms with Gasteiger partial charge in [0.15, 0.2) is 0 Å². The first-order valence-corrected chi connectivity index (χ1v) is 11.4. The van der Waals surface area contributed by atoms with Gasteiger partial charge in [-0.25, -0.2) is 4.98 Å². The molecule has 0 aliphatic carbocycles. The van der Waals surface area contributed by atoms with Gasteiger partial charge < -0.3 is 9.80 Å². The molecule has 3 heterocycles. The molecule has 2 fully saturated rings. The van der Waals surface area contributed by atoms with Crippen molar-refractivity contribution in [1.82, 2.24) is 14.8 Å². The Bertz CT molecular complexity index is 1020. The lowest BCUT2D eigenvalue weighted by Gasteiger charge is -2.26. The van der Waals surface area contributed by atoms with Gasteiger partial charge in [0.05, 0.1) is 12.1 Å². The van der Waals surface area contributed by atoms with Crippen molar-refractivity contribution in [3.8, 4) is 0 Å². The third-order valence-electron chi connectivity index (χ3n) is 6.58. The number of rotatable bonds is 4. The molecule has 5 heteroatoms. The average molecular weight is 426 g/mol. The molecule has 2 aliphatic rings. The molecule has 2 saturated heterocycles. The van der Waals surface area contributed by atoms with Crippen LogP contribution in [0.5, 0.6) is 0 Å². The monoisotopic (exact) mass is 425 g/mol. The topological polar surface area (TPSA) is 53.5 Å². The zero-order valence-corrected chi connectivity index (χ0v) is 18.1. The van der Waals surface area contributed by atoms with Crippen LogP contribution in [0, 0.1) is 0 Å². The van der Waals surface area contributed by atoms with Crippen molar-refractivity contribution < 1.29 is 9.59 Å². The highest BCUT2D eigenvalue weighted by molar-refractivity contribution is 5.96. The summed E-state index contributed by atoms with van der Waals surface area (Å²) in [4.78, 5) is 35.0. The molecule has 1 aromatic heterocycles. The highest BCUT2D eigenvalue weighted by Crippen LogP contribution is 2.34. The molecule has 5 rings (SSSR count). The van der Waals surface area contributed by atoms with Gasteiger partial charge in [-0.1, -0.05) is 66.7 Å². The minimum atomic E-state index is -0.105. The van der Waals surface area contributed by atoms with Gasteiger partial charge in [-0.05, 0) is 48.9 Å². The van der Waals surface area contributed by atoms with Crippen molar-refractivity contribution in [2.45, 2.75) is 37.8 Å². The zero-order valence-electron chi connectivity index (χ0n) is 18.1. The van der Waals surface area contributed by atoms with E-state index < -0.39 is 0 Å². The third-order valence-corrected chi connectivity index (χ3v) is 6.58. The van der Waals surface area contributed by atoms with Crippen LogP contribution in [0.4, 0.5) is 0 Å². The smallest absolute Gasteiger partial charge is 0.272 e. The molecule has 2 unspecified atom stereocenters. The molecule has 0 bridgehead atoms. The van der Waals surface area contributed by atoms with E-state index in [0.717, 1.165) is 36.8 Å². The molecular weight excluding hydrogens is 398 g/mol. The summed E-state index contributed by atoms with van der Waals surface area (Å²) < 4.78 is 0. The Labute approximate surface area is 188 Å². The Morgan fingerprint density at radius 1 is 0.625 bits per heavy atom. The van der Waals surface area contributed by atoms with Crippen molar-refractivity contribution in [2.75, 3.05) is 13.1 Å². The number of benzene rings is 2. The second-order valence-corrected chi connectivity index (χ2v) is 8.54. The summed E-state index contributed by atoms with van der Waals surface area (Å²) in [5.41, 5.74) is 2.98. The lowest BCUT2D eigenvalue weighted by Crippen LogP contribution is -2.33. The van der Waals surface area contributed by atoms with E-state index >= 15 is 0 Å². The van der Waals surface area contributed by atoms with Crippen molar-refractivity contribution in [1.29, 1.82) is 0 Å². The number of likely N-dealkylation sites (tertiary alicyclic amines) is 2. The molecule has 2 atom stereocenters. The van der Waals surface area contributed by atoms with E-state index in [1.165, 1.54) is 0 Å². The Morgan fingerprint density at radius 2 is 1.06 bits per heavy atom. The summed E-state index contributed by atoms with van der Waals surface area (Å²) in [5, 5.41) is 0. The number of hydrogen-bond acceptors (Lipinski definition) is 3. The van der Waals surface area contributed by atoms with Crippen LogP contribution in [-0.2, 0) is 0 Å². The van der Waals surface area contributed by atoms with Gasteiger partial charge in [0, 0.05) is 13.1 Å². The Morgan fingerprint density at radius 3 is 1.50 bits per heavy atom. The largest absolute Gasteiger partial charge is 0.330 e. The Kier molecular flexibility index (Phi) is 5.71. The summed E-state index contributed by atoms with van der Waals surface area (Å²) in [6, 6.07) is 25.6. The summed E-state index contributed by atoms with van der Waals surface area (Å²) >= 11 is 0. The van der Waals surface area contributed by atoms with Gasteiger partial charge in [-0.2, -0.15) is 0 Å². The fourth-order valence-electron chi connectivity index (χ4n) is 5.03. The maximum Gasteiger partial charge on any atom is 0.272 e. The lowest BCUT2D eigenvalue weighted by molar-refractivity contribution is 0.0722. The molecule has 3 aromatic rings. The highest BCUT2D eigenvalue weighted by Gasteiger charge is 2.33. The number of carbonyl (C=O) groups is 2. The van der Waals surface area contributed by atoms with Crippen LogP contribution in [0.3, 0.4) is 0 Å². The number of amides is 2. The fraction of sp³-hybridized carbons (Fsp3) is 0.296. The second-order valence-electron chi connectivity index (χ2n) is 8.54. The van der Waals surface area contributed by atoms with Crippen LogP contribution in [0.15, 0.2) is 78.9 Å². The lowest BCUT2D eigenvalue weighted by atomic mass is 10.0. The van der Waals surface area contributed by atoms with E-state index in [2.05, 4.69) is 29.2 Å². The van der Waals surface area contributed by atoms with E-state index in [1.54, 1.807) is 18.2 Å². The number of carbonyl (C=O) groups excluding carboxylic acids is 2. The maximum atomic E-state index is 13.4. The first kappa shape index (κ1) is 20.4. The summed E-state index contributed by atoms with van der Waals surface area (Å²) in [6.07, 6.45) is 3.83. The van der Waals surface area contributed by atoms with Gasteiger partial charge in [0.2, 0.25) is 0 Å². The molecule has 2 aliphatic heterocycles. The minimum Gasteiger partial charge on any atom is -0.330 e. The van der Waals surface area contributed by atoms with Crippen molar-refractivity contribution in [3.63, 3.8) is 0 Å². The van der Waals surface area contributed by atoms with Crippen LogP contribution in [0.25, 0.3) is 0 Å². The normalized spacial score (nSPS) is 20.5. The predicted octanol–water partition coefficient (Wildman–Crippen LogP) is 5.04. The minimum absolute atomic E-state index is 0.0610. The van der Waals surface area contributed by atoms with Crippen LogP contribution in [-0.4, -0.2) is 39.7 Å². The van der Waals surface area contributed by atoms with Gasteiger partial charge >= 0.3 is 0 Å². The first-order chi connectivity index (χ1) is 15.7. The fourth-order valence-corrected chi connectivity index (χ4v) is 5.03. The molecule has 0 N–H and O–H groups in total.